The number of carbonyl (C=O) groups is 2. The second-order valence-electron chi connectivity index (χ2n) is 3.67. The SMILES string of the molecule is CC=C(C)C(=O)OC(C#CC#CC=CC(=O)OC)CC. The van der Waals surface area contributed by atoms with Gasteiger partial charge in [-0.3, -0.25) is 0 Å². The summed E-state index contributed by atoms with van der Waals surface area (Å²) < 4.78 is 9.57. The van der Waals surface area contributed by atoms with Crippen LogP contribution in [0.25, 0.3) is 0 Å². The second-order valence-corrected chi connectivity index (χ2v) is 3.67. The summed E-state index contributed by atoms with van der Waals surface area (Å²) in [5.41, 5.74) is 0.539. The zero-order valence-electron chi connectivity index (χ0n) is 12.1. The third kappa shape index (κ3) is 7.79. The van der Waals surface area contributed by atoms with Crippen LogP contribution in [-0.4, -0.2) is 25.2 Å². The second kappa shape index (κ2) is 10.5. The van der Waals surface area contributed by atoms with Gasteiger partial charge >= 0.3 is 11.9 Å². The van der Waals surface area contributed by atoms with Crippen LogP contribution in [0.2, 0.25) is 0 Å². The number of ether oxygens (including phenoxy) is 2. The van der Waals surface area contributed by atoms with Gasteiger partial charge in [-0.25, -0.2) is 9.59 Å². The highest BCUT2D eigenvalue weighted by Crippen LogP contribution is 2.02. The summed E-state index contributed by atoms with van der Waals surface area (Å²) in [5, 5.41) is 0. The van der Waals surface area contributed by atoms with Crippen molar-refractivity contribution in [2.45, 2.75) is 33.3 Å². The third-order valence-corrected chi connectivity index (χ3v) is 2.25. The van der Waals surface area contributed by atoms with Gasteiger partial charge in [0.2, 0.25) is 0 Å². The molecule has 20 heavy (non-hydrogen) atoms. The maximum atomic E-state index is 11.5. The van der Waals surface area contributed by atoms with Gasteiger partial charge in [0.25, 0.3) is 0 Å². The predicted octanol–water partition coefficient (Wildman–Crippen LogP) is 2.01. The summed E-state index contributed by atoms with van der Waals surface area (Å²) in [6, 6.07) is 0. The molecule has 1 atom stereocenters. The summed E-state index contributed by atoms with van der Waals surface area (Å²) >= 11 is 0. The summed E-state index contributed by atoms with van der Waals surface area (Å²) in [6.45, 7) is 5.31. The number of hydrogen-bond acceptors (Lipinski definition) is 4. The molecule has 0 N–H and O–H groups in total. The quantitative estimate of drug-likeness (QED) is 0.447. The van der Waals surface area contributed by atoms with Crippen molar-refractivity contribution in [3.63, 3.8) is 0 Å². The van der Waals surface area contributed by atoms with E-state index in [1.54, 1.807) is 19.9 Å². The van der Waals surface area contributed by atoms with E-state index in [1.807, 2.05) is 6.92 Å². The fourth-order valence-corrected chi connectivity index (χ4v) is 0.927. The van der Waals surface area contributed by atoms with Crippen molar-refractivity contribution in [1.29, 1.82) is 0 Å². The molecule has 0 aromatic carbocycles. The molecule has 0 saturated carbocycles. The molecule has 4 heteroatoms. The van der Waals surface area contributed by atoms with Gasteiger partial charge in [0, 0.05) is 11.6 Å². The molecule has 0 aromatic rings. The molecule has 0 fully saturated rings. The molecule has 0 spiro atoms. The van der Waals surface area contributed by atoms with Crippen molar-refractivity contribution in [2.75, 3.05) is 7.11 Å². The normalized spacial score (nSPS) is 11.7. The Hall–Kier alpha value is -2.46. The van der Waals surface area contributed by atoms with E-state index in [4.69, 9.17) is 4.74 Å². The first-order chi connectivity index (χ1) is 9.54. The van der Waals surface area contributed by atoms with Crippen molar-refractivity contribution in [3.05, 3.63) is 23.8 Å². The molecule has 1 unspecified atom stereocenters. The summed E-state index contributed by atoms with van der Waals surface area (Å²) in [4.78, 5) is 22.3. The van der Waals surface area contributed by atoms with E-state index < -0.39 is 12.1 Å². The molecule has 0 aliphatic carbocycles. The number of rotatable bonds is 4. The Morgan fingerprint density at radius 3 is 2.55 bits per heavy atom. The van der Waals surface area contributed by atoms with Gasteiger partial charge in [-0.15, -0.1) is 0 Å². The van der Waals surface area contributed by atoms with E-state index in [0.29, 0.717) is 12.0 Å². The molecule has 106 valence electrons. The van der Waals surface area contributed by atoms with Gasteiger partial charge in [-0.2, -0.15) is 0 Å². The Balaban J connectivity index is 4.50. The fraction of sp³-hybridized carbons (Fsp3) is 0.375. The van der Waals surface area contributed by atoms with Crippen LogP contribution in [0, 0.1) is 23.7 Å². The van der Waals surface area contributed by atoms with Gasteiger partial charge in [0.15, 0.2) is 6.10 Å². The van der Waals surface area contributed by atoms with Gasteiger partial charge in [-0.05, 0) is 44.1 Å². The van der Waals surface area contributed by atoms with Gasteiger partial charge in [-0.1, -0.05) is 18.9 Å². The van der Waals surface area contributed by atoms with Crippen molar-refractivity contribution >= 4 is 11.9 Å². The van der Waals surface area contributed by atoms with E-state index in [9.17, 15) is 9.59 Å². The van der Waals surface area contributed by atoms with E-state index >= 15 is 0 Å². The van der Waals surface area contributed by atoms with Crippen LogP contribution in [0.15, 0.2) is 23.8 Å². The average molecular weight is 274 g/mol. The third-order valence-electron chi connectivity index (χ3n) is 2.25. The molecule has 0 saturated heterocycles. The molecule has 0 bridgehead atoms. The van der Waals surface area contributed by atoms with Crippen LogP contribution in [-0.2, 0) is 19.1 Å². The van der Waals surface area contributed by atoms with E-state index in [0.717, 1.165) is 0 Å². The lowest BCUT2D eigenvalue weighted by Crippen LogP contribution is -2.16. The lowest BCUT2D eigenvalue weighted by atomic mass is 10.2. The van der Waals surface area contributed by atoms with E-state index in [1.165, 1.54) is 19.3 Å². The topological polar surface area (TPSA) is 52.6 Å². The summed E-state index contributed by atoms with van der Waals surface area (Å²) in [5.74, 6) is 9.55. The number of esters is 2. The standard InChI is InChI=1S/C16H18O4/c1-5-13(3)16(18)20-14(6-2)11-9-7-8-10-12-15(17)19-4/h5,10,12,14H,6H2,1-4H3. The average Bonchev–Trinajstić information content (AvgIpc) is 2.47. The summed E-state index contributed by atoms with van der Waals surface area (Å²) in [7, 11) is 1.28. The molecule has 0 aromatic heterocycles. The smallest absolute Gasteiger partial charge is 0.334 e. The number of carbonyl (C=O) groups excluding carboxylic acids is 2. The fourth-order valence-electron chi connectivity index (χ4n) is 0.927. The zero-order chi connectivity index (χ0) is 15.4. The van der Waals surface area contributed by atoms with Crippen LogP contribution in [0.4, 0.5) is 0 Å². The van der Waals surface area contributed by atoms with Crippen LogP contribution in [0.5, 0.6) is 0 Å². The Kier molecular flexibility index (Phi) is 9.17. The lowest BCUT2D eigenvalue weighted by Gasteiger charge is -2.09. The highest BCUT2D eigenvalue weighted by atomic mass is 16.5. The number of hydrogen-bond donors (Lipinski definition) is 0. The Bertz CT molecular complexity index is 518. The first-order valence-electron chi connectivity index (χ1n) is 6.14. The van der Waals surface area contributed by atoms with Gasteiger partial charge in [0.05, 0.1) is 7.11 Å². The zero-order valence-corrected chi connectivity index (χ0v) is 12.1. The van der Waals surface area contributed by atoms with Crippen molar-refractivity contribution in [3.8, 4) is 23.7 Å². The molecular weight excluding hydrogens is 256 g/mol. The lowest BCUT2D eigenvalue weighted by molar-refractivity contribution is -0.141. The van der Waals surface area contributed by atoms with E-state index in [-0.39, 0.29) is 5.97 Å². The summed E-state index contributed by atoms with van der Waals surface area (Å²) in [6.07, 6.45) is 4.31. The Morgan fingerprint density at radius 1 is 1.30 bits per heavy atom. The van der Waals surface area contributed by atoms with Crippen LogP contribution in [0.1, 0.15) is 27.2 Å². The van der Waals surface area contributed by atoms with Crippen LogP contribution >= 0.6 is 0 Å². The molecule has 0 rings (SSSR count). The van der Waals surface area contributed by atoms with Crippen LogP contribution in [0.3, 0.4) is 0 Å². The van der Waals surface area contributed by atoms with Crippen LogP contribution < -0.4 is 0 Å². The molecule has 0 aliphatic rings. The minimum atomic E-state index is -0.490. The number of allylic oxidation sites excluding steroid dienone is 2. The minimum absolute atomic E-state index is 0.382. The number of methoxy groups -OCH3 is 1. The molecule has 4 nitrogen and oxygen atoms in total. The predicted molar refractivity (Wildman–Crippen MR) is 76.3 cm³/mol. The van der Waals surface area contributed by atoms with Crippen molar-refractivity contribution in [2.24, 2.45) is 0 Å². The first kappa shape index (κ1) is 17.5. The monoisotopic (exact) mass is 274 g/mol. The highest BCUT2D eigenvalue weighted by Gasteiger charge is 2.10. The Labute approximate surface area is 119 Å². The molecule has 0 heterocycles. The largest absolute Gasteiger partial charge is 0.466 e. The molecule has 0 aliphatic heterocycles. The molecule has 0 amide bonds. The highest BCUT2D eigenvalue weighted by molar-refractivity contribution is 5.87. The van der Waals surface area contributed by atoms with Crippen molar-refractivity contribution < 1.29 is 19.1 Å². The minimum Gasteiger partial charge on any atom is -0.466 e. The maximum Gasteiger partial charge on any atom is 0.334 e. The van der Waals surface area contributed by atoms with E-state index in [2.05, 4.69) is 28.4 Å². The maximum absolute atomic E-state index is 11.5. The van der Waals surface area contributed by atoms with Gasteiger partial charge in [0.1, 0.15) is 0 Å². The van der Waals surface area contributed by atoms with Crippen molar-refractivity contribution in [1.82, 2.24) is 0 Å². The van der Waals surface area contributed by atoms with Gasteiger partial charge < -0.3 is 9.47 Å². The molecule has 0 radical (unpaired) electrons. The molecular formula is C16H18O4. The first-order valence-corrected chi connectivity index (χ1v) is 6.14. The Morgan fingerprint density at radius 2 is 2.00 bits per heavy atom.